The lowest BCUT2D eigenvalue weighted by molar-refractivity contribution is 0.176. The number of aliphatic hydroxyl groups excluding tert-OH is 1. The molecule has 1 atom stereocenters. The molecule has 1 saturated heterocycles. The number of benzene rings is 1. The molecule has 1 fully saturated rings. The van der Waals surface area contributed by atoms with Crippen LogP contribution < -0.4 is 4.90 Å². The molecule has 1 aliphatic heterocycles. The standard InChI is InChI=1S/C11H12BrNO3/c12-8-2-1-3-9(6-8)13-10(4-5-14)7-16-11(13)15/h1-3,6,10,14H,4-5,7H2. The minimum atomic E-state index is -0.350. The largest absolute Gasteiger partial charge is 0.447 e. The predicted octanol–water partition coefficient (Wildman–Crippen LogP) is 2.16. The molecule has 0 aromatic heterocycles. The smallest absolute Gasteiger partial charge is 0.414 e. The summed E-state index contributed by atoms with van der Waals surface area (Å²) in [5, 5.41) is 8.93. The van der Waals surface area contributed by atoms with Gasteiger partial charge in [-0.05, 0) is 24.6 Å². The van der Waals surface area contributed by atoms with Gasteiger partial charge in [-0.2, -0.15) is 0 Å². The summed E-state index contributed by atoms with van der Waals surface area (Å²) in [5.74, 6) is 0. The molecule has 0 bridgehead atoms. The Labute approximate surface area is 102 Å². The Bertz CT molecular complexity index is 397. The summed E-state index contributed by atoms with van der Waals surface area (Å²) in [6.45, 7) is 0.387. The molecular formula is C11H12BrNO3. The number of ether oxygens (including phenoxy) is 1. The van der Waals surface area contributed by atoms with E-state index in [0.717, 1.165) is 10.2 Å². The highest BCUT2D eigenvalue weighted by atomic mass is 79.9. The number of hydrogen-bond acceptors (Lipinski definition) is 3. The zero-order valence-electron chi connectivity index (χ0n) is 8.60. The molecule has 1 aromatic carbocycles. The summed E-state index contributed by atoms with van der Waals surface area (Å²) in [6.07, 6.45) is 0.176. The van der Waals surface area contributed by atoms with Crippen molar-refractivity contribution in [3.8, 4) is 0 Å². The van der Waals surface area contributed by atoms with E-state index in [1.54, 1.807) is 4.90 Å². The van der Waals surface area contributed by atoms with E-state index in [1.165, 1.54) is 0 Å². The number of amides is 1. The fraction of sp³-hybridized carbons (Fsp3) is 0.364. The first kappa shape index (κ1) is 11.4. The van der Waals surface area contributed by atoms with Crippen LogP contribution >= 0.6 is 15.9 Å². The molecule has 1 aliphatic rings. The van der Waals surface area contributed by atoms with E-state index in [2.05, 4.69) is 15.9 Å². The Morgan fingerprint density at radius 1 is 1.56 bits per heavy atom. The first-order valence-electron chi connectivity index (χ1n) is 5.05. The van der Waals surface area contributed by atoms with Crippen molar-refractivity contribution in [3.05, 3.63) is 28.7 Å². The van der Waals surface area contributed by atoms with E-state index in [1.807, 2.05) is 24.3 Å². The van der Waals surface area contributed by atoms with Crippen molar-refractivity contribution in [2.24, 2.45) is 0 Å². The van der Waals surface area contributed by atoms with Gasteiger partial charge in [0.05, 0.1) is 6.04 Å². The van der Waals surface area contributed by atoms with Crippen molar-refractivity contribution in [1.82, 2.24) is 0 Å². The van der Waals surface area contributed by atoms with Crippen molar-refractivity contribution in [2.75, 3.05) is 18.1 Å². The maximum Gasteiger partial charge on any atom is 0.414 e. The quantitative estimate of drug-likeness (QED) is 0.926. The van der Waals surface area contributed by atoms with E-state index >= 15 is 0 Å². The summed E-state index contributed by atoms with van der Waals surface area (Å²) in [5.41, 5.74) is 0.787. The normalized spacial score (nSPS) is 20.0. The van der Waals surface area contributed by atoms with Gasteiger partial charge in [-0.1, -0.05) is 22.0 Å². The summed E-state index contributed by atoms with van der Waals surface area (Å²) in [4.78, 5) is 13.2. The monoisotopic (exact) mass is 285 g/mol. The Hall–Kier alpha value is -1.07. The highest BCUT2D eigenvalue weighted by Gasteiger charge is 2.33. The third kappa shape index (κ3) is 2.20. The number of rotatable bonds is 3. The molecule has 1 amide bonds. The highest BCUT2D eigenvalue weighted by molar-refractivity contribution is 9.10. The lowest BCUT2D eigenvalue weighted by Gasteiger charge is -2.20. The molecule has 0 aliphatic carbocycles. The summed E-state index contributed by atoms with van der Waals surface area (Å²) >= 11 is 3.36. The van der Waals surface area contributed by atoms with Gasteiger partial charge in [0, 0.05) is 16.8 Å². The van der Waals surface area contributed by atoms with Gasteiger partial charge in [-0.25, -0.2) is 4.79 Å². The fourth-order valence-corrected chi connectivity index (χ4v) is 2.15. The van der Waals surface area contributed by atoms with E-state index in [9.17, 15) is 4.79 Å². The molecule has 0 spiro atoms. The Kier molecular flexibility index (Phi) is 3.46. The third-order valence-electron chi connectivity index (χ3n) is 2.51. The molecule has 0 saturated carbocycles. The second-order valence-corrected chi connectivity index (χ2v) is 4.51. The molecule has 86 valence electrons. The van der Waals surface area contributed by atoms with E-state index in [-0.39, 0.29) is 18.7 Å². The van der Waals surface area contributed by atoms with Crippen molar-refractivity contribution in [1.29, 1.82) is 0 Å². The fourth-order valence-electron chi connectivity index (χ4n) is 1.76. The van der Waals surface area contributed by atoms with Gasteiger partial charge in [0.1, 0.15) is 6.61 Å². The SMILES string of the molecule is O=C1OCC(CCO)N1c1cccc(Br)c1. The van der Waals surface area contributed by atoms with E-state index in [0.29, 0.717) is 13.0 Å². The van der Waals surface area contributed by atoms with Gasteiger partial charge in [-0.3, -0.25) is 4.90 Å². The van der Waals surface area contributed by atoms with Crippen LogP contribution in [0.4, 0.5) is 10.5 Å². The molecule has 1 heterocycles. The van der Waals surface area contributed by atoms with E-state index < -0.39 is 0 Å². The van der Waals surface area contributed by atoms with Crippen molar-refractivity contribution in [3.63, 3.8) is 0 Å². The second kappa shape index (κ2) is 4.84. The van der Waals surface area contributed by atoms with Gasteiger partial charge in [0.25, 0.3) is 0 Å². The number of cyclic esters (lactones) is 1. The van der Waals surface area contributed by atoms with Crippen LogP contribution in [-0.2, 0) is 4.74 Å². The van der Waals surface area contributed by atoms with Crippen molar-refractivity contribution >= 4 is 27.7 Å². The number of aliphatic hydroxyl groups is 1. The Morgan fingerprint density at radius 3 is 3.06 bits per heavy atom. The lowest BCUT2D eigenvalue weighted by Crippen LogP contribution is -2.34. The zero-order chi connectivity index (χ0) is 11.5. The minimum Gasteiger partial charge on any atom is -0.447 e. The van der Waals surface area contributed by atoms with Crippen molar-refractivity contribution < 1.29 is 14.6 Å². The average molecular weight is 286 g/mol. The minimum absolute atomic E-state index is 0.0474. The molecule has 4 nitrogen and oxygen atoms in total. The average Bonchev–Trinajstić information content (AvgIpc) is 2.60. The number of hydrogen-bond donors (Lipinski definition) is 1. The zero-order valence-corrected chi connectivity index (χ0v) is 10.2. The Morgan fingerprint density at radius 2 is 2.38 bits per heavy atom. The van der Waals surface area contributed by atoms with Crippen LogP contribution in [0.15, 0.2) is 28.7 Å². The van der Waals surface area contributed by atoms with Crippen LogP contribution in [0.1, 0.15) is 6.42 Å². The van der Waals surface area contributed by atoms with E-state index in [4.69, 9.17) is 9.84 Å². The van der Waals surface area contributed by atoms with Crippen LogP contribution in [0.25, 0.3) is 0 Å². The van der Waals surface area contributed by atoms with Gasteiger partial charge in [0.15, 0.2) is 0 Å². The molecule has 1 unspecified atom stereocenters. The predicted molar refractivity (Wildman–Crippen MR) is 63.5 cm³/mol. The molecule has 5 heteroatoms. The number of anilines is 1. The van der Waals surface area contributed by atoms with Crippen LogP contribution in [0.5, 0.6) is 0 Å². The Balaban J connectivity index is 2.26. The molecular weight excluding hydrogens is 274 g/mol. The number of carbonyl (C=O) groups is 1. The first-order chi connectivity index (χ1) is 7.72. The number of carbonyl (C=O) groups excluding carboxylic acids is 1. The van der Waals surface area contributed by atoms with Gasteiger partial charge >= 0.3 is 6.09 Å². The highest BCUT2D eigenvalue weighted by Crippen LogP contribution is 2.26. The van der Waals surface area contributed by atoms with Crippen LogP contribution in [0.3, 0.4) is 0 Å². The first-order valence-corrected chi connectivity index (χ1v) is 5.84. The second-order valence-electron chi connectivity index (χ2n) is 3.59. The van der Waals surface area contributed by atoms with Crippen LogP contribution in [0, 0.1) is 0 Å². The van der Waals surface area contributed by atoms with Gasteiger partial charge < -0.3 is 9.84 Å². The lowest BCUT2D eigenvalue weighted by atomic mass is 10.2. The van der Waals surface area contributed by atoms with Crippen molar-refractivity contribution in [2.45, 2.75) is 12.5 Å². The number of halogens is 1. The summed E-state index contributed by atoms with van der Waals surface area (Å²) in [6, 6.07) is 7.39. The third-order valence-corrected chi connectivity index (χ3v) is 3.00. The van der Waals surface area contributed by atoms with Crippen LogP contribution in [-0.4, -0.2) is 30.5 Å². The topological polar surface area (TPSA) is 49.8 Å². The molecule has 16 heavy (non-hydrogen) atoms. The molecule has 0 radical (unpaired) electrons. The summed E-state index contributed by atoms with van der Waals surface area (Å²) < 4.78 is 5.90. The molecule has 1 aromatic rings. The van der Waals surface area contributed by atoms with Gasteiger partial charge in [-0.15, -0.1) is 0 Å². The molecule has 2 rings (SSSR count). The van der Waals surface area contributed by atoms with Gasteiger partial charge in [0.2, 0.25) is 0 Å². The van der Waals surface area contributed by atoms with Crippen LogP contribution in [0.2, 0.25) is 0 Å². The maximum atomic E-state index is 11.6. The molecule has 1 N–H and O–H groups in total. The summed E-state index contributed by atoms with van der Waals surface area (Å²) in [7, 11) is 0. The maximum absolute atomic E-state index is 11.6. The number of nitrogens with zero attached hydrogens (tertiary/aromatic N) is 1.